The van der Waals surface area contributed by atoms with E-state index < -0.39 is 0 Å². The SMILES string of the molecule is N=C/C(=C\NC1CCOCC1)c1cnc(N)c(Br)c1. The van der Waals surface area contributed by atoms with Gasteiger partial charge in [-0.15, -0.1) is 0 Å². The van der Waals surface area contributed by atoms with Crippen LogP contribution in [0.25, 0.3) is 5.57 Å². The fourth-order valence-electron chi connectivity index (χ4n) is 1.89. The van der Waals surface area contributed by atoms with Gasteiger partial charge in [-0.3, -0.25) is 0 Å². The number of ether oxygens (including phenoxy) is 1. The number of nitrogens with zero attached hydrogens (tertiary/aromatic N) is 1. The number of rotatable bonds is 4. The van der Waals surface area contributed by atoms with E-state index in [9.17, 15) is 0 Å². The van der Waals surface area contributed by atoms with Crippen LogP contribution in [0.3, 0.4) is 0 Å². The molecule has 0 aromatic carbocycles. The lowest BCUT2D eigenvalue weighted by atomic mass is 10.1. The number of nitrogen functional groups attached to an aromatic ring is 1. The lowest BCUT2D eigenvalue weighted by Crippen LogP contribution is -2.31. The number of hydrogen-bond acceptors (Lipinski definition) is 5. The van der Waals surface area contributed by atoms with Crippen LogP contribution in [-0.4, -0.2) is 30.5 Å². The Morgan fingerprint density at radius 2 is 2.26 bits per heavy atom. The minimum atomic E-state index is 0.411. The zero-order chi connectivity index (χ0) is 13.7. The molecule has 1 saturated heterocycles. The molecule has 0 spiro atoms. The highest BCUT2D eigenvalue weighted by atomic mass is 79.9. The van der Waals surface area contributed by atoms with Gasteiger partial charge in [0.15, 0.2) is 0 Å². The standard InChI is InChI=1S/C13H17BrN4O/c14-12-5-9(7-18-13(12)16)10(6-15)8-17-11-1-3-19-4-2-11/h5-8,11,15,17H,1-4H2,(H2,16,18)/b10-8+,15-6?. The molecule has 2 heterocycles. The van der Waals surface area contributed by atoms with Gasteiger partial charge in [0.2, 0.25) is 0 Å². The molecule has 19 heavy (non-hydrogen) atoms. The van der Waals surface area contributed by atoms with Crippen molar-refractivity contribution in [3.63, 3.8) is 0 Å². The quantitative estimate of drug-likeness (QED) is 0.741. The van der Waals surface area contributed by atoms with Crippen LogP contribution in [0.1, 0.15) is 18.4 Å². The highest BCUT2D eigenvalue weighted by molar-refractivity contribution is 9.10. The predicted molar refractivity (Wildman–Crippen MR) is 80.1 cm³/mol. The third kappa shape index (κ3) is 3.78. The van der Waals surface area contributed by atoms with Crippen LogP contribution in [0.15, 0.2) is 22.9 Å². The van der Waals surface area contributed by atoms with Gasteiger partial charge in [0.1, 0.15) is 5.82 Å². The van der Waals surface area contributed by atoms with Crippen LogP contribution in [0.4, 0.5) is 5.82 Å². The van der Waals surface area contributed by atoms with E-state index in [2.05, 4.69) is 26.2 Å². The first kappa shape index (κ1) is 14.0. The first-order chi connectivity index (χ1) is 9.20. The molecule has 0 radical (unpaired) electrons. The Morgan fingerprint density at radius 3 is 2.89 bits per heavy atom. The van der Waals surface area contributed by atoms with Crippen molar-refractivity contribution in [1.29, 1.82) is 5.41 Å². The number of nitrogens with two attached hydrogens (primary N) is 1. The van der Waals surface area contributed by atoms with Gasteiger partial charge in [0.05, 0.1) is 4.47 Å². The molecule has 1 aliphatic rings. The Hall–Kier alpha value is -1.40. The molecule has 1 aromatic rings. The molecule has 0 atom stereocenters. The number of aromatic nitrogens is 1. The van der Waals surface area contributed by atoms with E-state index in [-0.39, 0.29) is 0 Å². The molecule has 102 valence electrons. The van der Waals surface area contributed by atoms with Gasteiger partial charge < -0.3 is 21.2 Å². The van der Waals surface area contributed by atoms with E-state index in [1.165, 1.54) is 6.21 Å². The van der Waals surface area contributed by atoms with E-state index >= 15 is 0 Å². The Balaban J connectivity index is 2.09. The predicted octanol–water partition coefficient (Wildman–Crippen LogP) is 2.19. The van der Waals surface area contributed by atoms with Gasteiger partial charge in [0, 0.05) is 49.0 Å². The van der Waals surface area contributed by atoms with Crippen LogP contribution in [0, 0.1) is 5.41 Å². The van der Waals surface area contributed by atoms with Gasteiger partial charge in [0.25, 0.3) is 0 Å². The second-order valence-corrected chi connectivity index (χ2v) is 5.24. The molecule has 1 fully saturated rings. The molecule has 0 bridgehead atoms. The van der Waals surface area contributed by atoms with Crippen molar-refractivity contribution in [2.45, 2.75) is 18.9 Å². The molecule has 2 rings (SSSR count). The average molecular weight is 325 g/mol. The minimum Gasteiger partial charge on any atom is -0.387 e. The van der Waals surface area contributed by atoms with Crippen molar-refractivity contribution < 1.29 is 4.74 Å². The summed E-state index contributed by atoms with van der Waals surface area (Å²) in [7, 11) is 0. The highest BCUT2D eigenvalue weighted by Crippen LogP contribution is 2.21. The van der Waals surface area contributed by atoms with Crippen molar-refractivity contribution >= 4 is 33.5 Å². The monoisotopic (exact) mass is 324 g/mol. The van der Waals surface area contributed by atoms with Crippen molar-refractivity contribution in [1.82, 2.24) is 10.3 Å². The van der Waals surface area contributed by atoms with Crippen molar-refractivity contribution in [2.24, 2.45) is 0 Å². The third-order valence-corrected chi connectivity index (χ3v) is 3.69. The summed E-state index contributed by atoms with van der Waals surface area (Å²) in [6.45, 7) is 1.58. The van der Waals surface area contributed by atoms with Gasteiger partial charge >= 0.3 is 0 Å². The summed E-state index contributed by atoms with van der Waals surface area (Å²) in [5.74, 6) is 0.450. The smallest absolute Gasteiger partial charge is 0.137 e. The number of allylic oxidation sites excluding steroid dienone is 1. The fraction of sp³-hybridized carbons (Fsp3) is 0.385. The molecular weight excluding hydrogens is 308 g/mol. The number of anilines is 1. The molecule has 1 aromatic heterocycles. The van der Waals surface area contributed by atoms with E-state index in [4.69, 9.17) is 15.9 Å². The fourth-order valence-corrected chi connectivity index (χ4v) is 2.24. The zero-order valence-electron chi connectivity index (χ0n) is 10.5. The second kappa shape index (κ2) is 6.68. The van der Waals surface area contributed by atoms with Gasteiger partial charge in [-0.1, -0.05) is 0 Å². The normalized spacial score (nSPS) is 17.2. The largest absolute Gasteiger partial charge is 0.387 e. The first-order valence-electron chi connectivity index (χ1n) is 6.16. The van der Waals surface area contributed by atoms with Gasteiger partial charge in [-0.05, 0) is 34.8 Å². The Labute approximate surface area is 120 Å². The summed E-state index contributed by atoms with van der Waals surface area (Å²) in [6, 6.07) is 2.28. The maximum absolute atomic E-state index is 7.51. The summed E-state index contributed by atoms with van der Waals surface area (Å²) < 4.78 is 6.05. The van der Waals surface area contributed by atoms with Crippen molar-refractivity contribution in [2.75, 3.05) is 18.9 Å². The summed E-state index contributed by atoms with van der Waals surface area (Å²) in [6.07, 6.45) is 6.83. The number of hydrogen-bond donors (Lipinski definition) is 3. The van der Waals surface area contributed by atoms with E-state index in [0.717, 1.165) is 41.7 Å². The van der Waals surface area contributed by atoms with Crippen molar-refractivity contribution in [3.05, 3.63) is 28.5 Å². The van der Waals surface area contributed by atoms with E-state index in [1.54, 1.807) is 6.20 Å². The topological polar surface area (TPSA) is 84.0 Å². The maximum atomic E-state index is 7.51. The van der Waals surface area contributed by atoms with Crippen LogP contribution in [0.2, 0.25) is 0 Å². The molecule has 1 aliphatic heterocycles. The highest BCUT2D eigenvalue weighted by Gasteiger charge is 2.12. The first-order valence-corrected chi connectivity index (χ1v) is 6.96. The minimum absolute atomic E-state index is 0.411. The molecule has 0 amide bonds. The average Bonchev–Trinajstić information content (AvgIpc) is 2.44. The lowest BCUT2D eigenvalue weighted by molar-refractivity contribution is 0.0812. The van der Waals surface area contributed by atoms with Crippen LogP contribution < -0.4 is 11.1 Å². The molecule has 0 saturated carbocycles. The third-order valence-electron chi connectivity index (χ3n) is 3.05. The number of pyridine rings is 1. The molecule has 5 nitrogen and oxygen atoms in total. The zero-order valence-corrected chi connectivity index (χ0v) is 12.1. The lowest BCUT2D eigenvalue weighted by Gasteiger charge is -2.22. The van der Waals surface area contributed by atoms with E-state index in [1.807, 2.05) is 12.3 Å². The van der Waals surface area contributed by atoms with Crippen LogP contribution >= 0.6 is 15.9 Å². The molecule has 6 heteroatoms. The Kier molecular flexibility index (Phi) is 4.93. The molecule has 4 N–H and O–H groups in total. The number of halogens is 1. The summed E-state index contributed by atoms with van der Waals surface area (Å²) in [5.41, 5.74) is 7.29. The summed E-state index contributed by atoms with van der Waals surface area (Å²) in [5, 5.41) is 10.8. The number of nitrogens with one attached hydrogen (secondary N) is 2. The Morgan fingerprint density at radius 1 is 1.53 bits per heavy atom. The molecule has 0 aliphatic carbocycles. The Bertz CT molecular complexity index is 484. The summed E-state index contributed by atoms with van der Waals surface area (Å²) >= 11 is 3.34. The maximum Gasteiger partial charge on any atom is 0.137 e. The van der Waals surface area contributed by atoms with Gasteiger partial charge in [-0.2, -0.15) is 0 Å². The van der Waals surface area contributed by atoms with Crippen molar-refractivity contribution in [3.8, 4) is 0 Å². The molecule has 0 unspecified atom stereocenters. The second-order valence-electron chi connectivity index (χ2n) is 4.39. The van der Waals surface area contributed by atoms with E-state index in [0.29, 0.717) is 11.9 Å². The van der Waals surface area contributed by atoms with Crippen LogP contribution in [-0.2, 0) is 4.74 Å². The summed E-state index contributed by atoms with van der Waals surface area (Å²) in [4.78, 5) is 4.08. The van der Waals surface area contributed by atoms with Gasteiger partial charge in [-0.25, -0.2) is 4.98 Å². The molecular formula is C13H17BrN4O. The van der Waals surface area contributed by atoms with Crippen LogP contribution in [0.5, 0.6) is 0 Å².